The van der Waals surface area contributed by atoms with E-state index in [1.807, 2.05) is 6.92 Å². The molecule has 0 atom stereocenters. The summed E-state index contributed by atoms with van der Waals surface area (Å²) in [6.45, 7) is 11.5. The Kier molecular flexibility index (Phi) is 15.4. The highest BCUT2D eigenvalue weighted by Crippen LogP contribution is 2.23. The highest BCUT2D eigenvalue weighted by Gasteiger charge is 2.17. The third-order valence-corrected chi connectivity index (χ3v) is 4.21. The summed E-state index contributed by atoms with van der Waals surface area (Å²) in [5, 5.41) is 6.48. The molecule has 3 N–H and O–H groups in total. The lowest BCUT2D eigenvalue weighted by molar-refractivity contribution is 0.332. The van der Waals surface area contributed by atoms with Gasteiger partial charge in [0.2, 0.25) is 10.0 Å². The molecule has 0 spiro atoms. The van der Waals surface area contributed by atoms with E-state index in [4.69, 9.17) is 0 Å². The average Bonchev–Trinajstić information content (AvgIpc) is 2.43. The van der Waals surface area contributed by atoms with Crippen LogP contribution in [0.2, 0.25) is 0 Å². The molecule has 0 aliphatic heterocycles. The molecule has 0 aliphatic carbocycles. The van der Waals surface area contributed by atoms with Crippen LogP contribution in [-0.4, -0.2) is 46.8 Å². The molecule has 0 saturated heterocycles. The van der Waals surface area contributed by atoms with Gasteiger partial charge in [0.1, 0.15) is 0 Å². The van der Waals surface area contributed by atoms with E-state index in [9.17, 15) is 8.42 Å². The first-order valence-electron chi connectivity index (χ1n) is 8.67. The fraction of sp³-hybridized carbons (Fsp3) is 0.938. The van der Waals surface area contributed by atoms with Crippen molar-refractivity contribution in [3.63, 3.8) is 0 Å². The van der Waals surface area contributed by atoms with E-state index in [0.717, 1.165) is 25.5 Å². The Bertz CT molecular complexity index is 439. The van der Waals surface area contributed by atoms with Gasteiger partial charge in [0.15, 0.2) is 5.96 Å². The van der Waals surface area contributed by atoms with Crippen molar-refractivity contribution < 1.29 is 8.42 Å². The van der Waals surface area contributed by atoms with Crippen LogP contribution in [0.3, 0.4) is 0 Å². The normalized spacial score (nSPS) is 12.6. The zero-order chi connectivity index (χ0) is 17.8. The lowest BCUT2D eigenvalue weighted by Gasteiger charge is -2.23. The zero-order valence-electron chi connectivity index (χ0n) is 15.9. The van der Waals surface area contributed by atoms with Crippen LogP contribution >= 0.6 is 24.0 Å². The van der Waals surface area contributed by atoms with Crippen LogP contribution in [0.4, 0.5) is 0 Å². The van der Waals surface area contributed by atoms with Crippen molar-refractivity contribution in [2.24, 2.45) is 10.4 Å². The van der Waals surface area contributed by atoms with E-state index < -0.39 is 10.0 Å². The zero-order valence-corrected chi connectivity index (χ0v) is 19.1. The highest BCUT2D eigenvalue weighted by atomic mass is 127. The number of sulfonamides is 1. The summed E-state index contributed by atoms with van der Waals surface area (Å²) in [7, 11) is -3.10. The van der Waals surface area contributed by atoms with Crippen molar-refractivity contribution in [3.05, 3.63) is 0 Å². The first-order chi connectivity index (χ1) is 10.7. The van der Waals surface area contributed by atoms with E-state index in [2.05, 4.69) is 41.1 Å². The molecule has 0 rings (SSSR count). The van der Waals surface area contributed by atoms with Gasteiger partial charge in [-0.25, -0.2) is 13.1 Å². The van der Waals surface area contributed by atoms with E-state index in [0.29, 0.717) is 13.1 Å². The van der Waals surface area contributed by atoms with E-state index >= 15 is 0 Å². The van der Waals surface area contributed by atoms with Crippen LogP contribution < -0.4 is 15.4 Å². The van der Waals surface area contributed by atoms with Crippen molar-refractivity contribution in [2.45, 2.75) is 59.8 Å². The van der Waals surface area contributed by atoms with Gasteiger partial charge in [0.05, 0.1) is 6.26 Å². The van der Waals surface area contributed by atoms with Gasteiger partial charge in [-0.05, 0) is 25.2 Å². The van der Waals surface area contributed by atoms with Gasteiger partial charge in [-0.3, -0.25) is 4.99 Å². The van der Waals surface area contributed by atoms with Gasteiger partial charge < -0.3 is 10.6 Å². The summed E-state index contributed by atoms with van der Waals surface area (Å²) in [5.41, 5.74) is 0.204. The first-order valence-corrected chi connectivity index (χ1v) is 10.6. The molecule has 8 heteroatoms. The Morgan fingerprint density at radius 2 is 1.71 bits per heavy atom. The summed E-state index contributed by atoms with van der Waals surface area (Å²) in [4.78, 5) is 4.67. The van der Waals surface area contributed by atoms with Crippen LogP contribution in [0.5, 0.6) is 0 Å². The third-order valence-electron chi connectivity index (χ3n) is 3.48. The standard InChI is InChI=1S/C16H36N4O2S.HI/c1-6-8-9-11-16(3,4)14-19-15(17-7-2)18-12-10-13-20-23(5,21)22;/h20H,6-14H2,1-5H3,(H2,17,18,19);1H. The number of halogens is 1. The second kappa shape index (κ2) is 14.1. The van der Waals surface area contributed by atoms with E-state index in [1.54, 1.807) is 0 Å². The molecule has 0 radical (unpaired) electrons. The minimum Gasteiger partial charge on any atom is -0.357 e. The van der Waals surface area contributed by atoms with Crippen LogP contribution in [-0.2, 0) is 10.0 Å². The topological polar surface area (TPSA) is 82.6 Å². The fourth-order valence-electron chi connectivity index (χ4n) is 2.12. The first kappa shape index (κ1) is 26.1. The number of unbranched alkanes of at least 4 members (excludes halogenated alkanes) is 2. The maximum atomic E-state index is 11.0. The van der Waals surface area contributed by atoms with Gasteiger partial charge >= 0.3 is 0 Å². The van der Waals surface area contributed by atoms with E-state index in [-0.39, 0.29) is 29.4 Å². The van der Waals surface area contributed by atoms with Gasteiger partial charge in [-0.1, -0.05) is 40.0 Å². The molecule has 0 heterocycles. The monoisotopic (exact) mass is 476 g/mol. The molecule has 6 nitrogen and oxygen atoms in total. The maximum absolute atomic E-state index is 11.0. The molecule has 146 valence electrons. The molecule has 24 heavy (non-hydrogen) atoms. The van der Waals surface area contributed by atoms with Crippen LogP contribution in [0.1, 0.15) is 59.8 Å². The van der Waals surface area contributed by atoms with Crippen molar-refractivity contribution in [3.8, 4) is 0 Å². The minimum atomic E-state index is -3.10. The lowest BCUT2D eigenvalue weighted by Crippen LogP contribution is -2.39. The molecular formula is C16H37IN4O2S. The molecule has 0 unspecified atom stereocenters. The van der Waals surface area contributed by atoms with Crippen molar-refractivity contribution in [2.75, 3.05) is 32.4 Å². The molecule has 0 aromatic heterocycles. The predicted molar refractivity (Wildman–Crippen MR) is 115 cm³/mol. The third kappa shape index (κ3) is 16.8. The fourth-order valence-corrected chi connectivity index (χ4v) is 2.64. The molecular weight excluding hydrogens is 439 g/mol. The Hall–Kier alpha value is -0.0900. The highest BCUT2D eigenvalue weighted by molar-refractivity contribution is 14.0. The Balaban J connectivity index is 0. The van der Waals surface area contributed by atoms with Gasteiger partial charge in [0.25, 0.3) is 0 Å². The number of hydrogen-bond acceptors (Lipinski definition) is 3. The molecule has 0 fully saturated rings. The number of guanidine groups is 1. The molecule has 0 aliphatic rings. The number of hydrogen-bond donors (Lipinski definition) is 3. The van der Waals surface area contributed by atoms with Crippen molar-refractivity contribution in [1.82, 2.24) is 15.4 Å². The largest absolute Gasteiger partial charge is 0.357 e. The second-order valence-electron chi connectivity index (χ2n) is 6.76. The minimum absolute atomic E-state index is 0. The maximum Gasteiger partial charge on any atom is 0.208 e. The number of rotatable bonds is 12. The number of aliphatic imine (C=N–C) groups is 1. The quantitative estimate of drug-likeness (QED) is 0.175. The van der Waals surface area contributed by atoms with Crippen LogP contribution in [0.25, 0.3) is 0 Å². The molecule has 0 aromatic carbocycles. The number of nitrogens with one attached hydrogen (secondary N) is 3. The summed E-state index contributed by atoms with van der Waals surface area (Å²) in [5.74, 6) is 0.801. The van der Waals surface area contributed by atoms with E-state index in [1.165, 1.54) is 31.9 Å². The van der Waals surface area contributed by atoms with Crippen molar-refractivity contribution in [1.29, 1.82) is 0 Å². The van der Waals surface area contributed by atoms with Crippen molar-refractivity contribution >= 4 is 40.0 Å². The summed E-state index contributed by atoms with van der Waals surface area (Å²) < 4.78 is 24.5. The van der Waals surface area contributed by atoms with Gasteiger partial charge in [0, 0.05) is 26.2 Å². The van der Waals surface area contributed by atoms with Gasteiger partial charge in [-0.15, -0.1) is 24.0 Å². The second-order valence-corrected chi connectivity index (χ2v) is 8.60. The summed E-state index contributed by atoms with van der Waals surface area (Å²) in [6.07, 6.45) is 6.84. The summed E-state index contributed by atoms with van der Waals surface area (Å²) in [6, 6.07) is 0. The Morgan fingerprint density at radius 3 is 2.25 bits per heavy atom. The van der Waals surface area contributed by atoms with Crippen LogP contribution in [0, 0.1) is 5.41 Å². The SMILES string of the molecule is CCCCCC(C)(C)CN=C(NCC)NCCCNS(C)(=O)=O.I. The molecule has 0 aromatic rings. The molecule has 0 saturated carbocycles. The van der Waals surface area contributed by atoms with Gasteiger partial charge in [-0.2, -0.15) is 0 Å². The smallest absolute Gasteiger partial charge is 0.208 e. The Morgan fingerprint density at radius 1 is 1.04 bits per heavy atom. The predicted octanol–water partition coefficient (Wildman–Crippen LogP) is 2.71. The Labute approximate surface area is 166 Å². The summed E-state index contributed by atoms with van der Waals surface area (Å²) >= 11 is 0. The molecule has 0 bridgehead atoms. The lowest BCUT2D eigenvalue weighted by atomic mass is 9.87. The van der Waals surface area contributed by atoms with Crippen LogP contribution in [0.15, 0.2) is 4.99 Å². The number of nitrogens with zero attached hydrogens (tertiary/aromatic N) is 1. The average molecular weight is 476 g/mol. The molecule has 0 amide bonds.